The molecule has 0 saturated carbocycles. The van der Waals surface area contributed by atoms with E-state index in [-0.39, 0.29) is 6.03 Å². The number of carbonyl (C=O) groups is 1. The number of hydrogen-bond acceptors (Lipinski definition) is 4. The first-order chi connectivity index (χ1) is 11.7. The normalized spacial score (nSPS) is 14.3. The van der Waals surface area contributed by atoms with Crippen molar-refractivity contribution in [2.45, 2.75) is 6.54 Å². The second kappa shape index (κ2) is 7.99. The minimum absolute atomic E-state index is 0.269. The van der Waals surface area contributed by atoms with Crippen LogP contribution < -0.4 is 15.5 Å². The van der Waals surface area contributed by atoms with Crippen molar-refractivity contribution >= 4 is 29.1 Å². The van der Waals surface area contributed by atoms with E-state index >= 15 is 0 Å². The number of carbonyl (C=O) groups excluding carboxylic acids is 1. The Kier molecular flexibility index (Phi) is 5.51. The molecule has 0 spiro atoms. The third kappa shape index (κ3) is 4.59. The molecule has 0 bridgehead atoms. The number of morpholine rings is 1. The van der Waals surface area contributed by atoms with Gasteiger partial charge >= 0.3 is 6.03 Å². The topological polar surface area (TPSA) is 66.5 Å². The van der Waals surface area contributed by atoms with Crippen LogP contribution in [0, 0.1) is 0 Å². The van der Waals surface area contributed by atoms with Crippen molar-refractivity contribution in [3.63, 3.8) is 0 Å². The van der Waals surface area contributed by atoms with Crippen LogP contribution in [0.15, 0.2) is 42.6 Å². The van der Waals surface area contributed by atoms with Gasteiger partial charge in [-0.3, -0.25) is 0 Å². The first-order valence-corrected chi connectivity index (χ1v) is 8.16. The smallest absolute Gasteiger partial charge is 0.319 e. The minimum Gasteiger partial charge on any atom is -0.378 e. The minimum atomic E-state index is -0.269. The van der Waals surface area contributed by atoms with Gasteiger partial charge in [-0.25, -0.2) is 9.78 Å². The molecule has 2 amide bonds. The highest BCUT2D eigenvalue weighted by Crippen LogP contribution is 2.14. The molecule has 3 rings (SSSR count). The number of nitrogens with zero attached hydrogens (tertiary/aromatic N) is 2. The number of anilines is 2. The lowest BCUT2D eigenvalue weighted by Crippen LogP contribution is -2.36. The molecule has 1 aromatic heterocycles. The summed E-state index contributed by atoms with van der Waals surface area (Å²) in [4.78, 5) is 18.5. The number of halogens is 1. The Bertz CT molecular complexity index is 670. The molecule has 0 atom stereocenters. The molecule has 24 heavy (non-hydrogen) atoms. The molecule has 7 heteroatoms. The summed E-state index contributed by atoms with van der Waals surface area (Å²) in [6, 6.07) is 10.6. The van der Waals surface area contributed by atoms with Gasteiger partial charge in [-0.05, 0) is 35.9 Å². The maximum absolute atomic E-state index is 11.9. The average Bonchev–Trinajstić information content (AvgIpc) is 2.63. The molecule has 2 aromatic rings. The van der Waals surface area contributed by atoms with E-state index in [1.54, 1.807) is 30.5 Å². The number of ether oxygens (including phenoxy) is 1. The Morgan fingerprint density at radius 1 is 1.17 bits per heavy atom. The first kappa shape index (κ1) is 16.5. The molecule has 1 fully saturated rings. The van der Waals surface area contributed by atoms with Crippen molar-refractivity contribution in [2.75, 3.05) is 36.5 Å². The van der Waals surface area contributed by atoms with E-state index in [4.69, 9.17) is 16.3 Å². The van der Waals surface area contributed by atoms with E-state index in [0.29, 0.717) is 17.3 Å². The van der Waals surface area contributed by atoms with E-state index in [2.05, 4.69) is 20.5 Å². The number of pyridine rings is 1. The largest absolute Gasteiger partial charge is 0.378 e. The van der Waals surface area contributed by atoms with Crippen LogP contribution in [0.2, 0.25) is 5.02 Å². The monoisotopic (exact) mass is 346 g/mol. The predicted molar refractivity (Wildman–Crippen MR) is 94.6 cm³/mol. The van der Waals surface area contributed by atoms with E-state index < -0.39 is 0 Å². The van der Waals surface area contributed by atoms with Crippen LogP contribution in [-0.4, -0.2) is 37.3 Å². The molecular weight excluding hydrogens is 328 g/mol. The van der Waals surface area contributed by atoms with Crippen molar-refractivity contribution in [1.82, 2.24) is 10.3 Å². The van der Waals surface area contributed by atoms with Gasteiger partial charge < -0.3 is 20.3 Å². The predicted octanol–water partition coefficient (Wildman–Crippen LogP) is 2.89. The SMILES string of the molecule is O=C(NCc1ccc(N2CCOCC2)nc1)Nc1ccc(Cl)cc1. The van der Waals surface area contributed by atoms with Crippen LogP contribution >= 0.6 is 11.6 Å². The molecule has 0 aliphatic carbocycles. The molecule has 1 aromatic carbocycles. The van der Waals surface area contributed by atoms with Crippen LogP contribution in [0.3, 0.4) is 0 Å². The number of benzene rings is 1. The fourth-order valence-corrected chi connectivity index (χ4v) is 2.52. The van der Waals surface area contributed by atoms with E-state index in [0.717, 1.165) is 37.7 Å². The lowest BCUT2D eigenvalue weighted by molar-refractivity contribution is 0.122. The van der Waals surface area contributed by atoms with Gasteiger partial charge in [-0.15, -0.1) is 0 Å². The number of rotatable bonds is 4. The Morgan fingerprint density at radius 2 is 1.92 bits per heavy atom. The summed E-state index contributed by atoms with van der Waals surface area (Å²) in [6.45, 7) is 3.59. The molecular formula is C17H19ClN4O2. The summed E-state index contributed by atoms with van der Waals surface area (Å²) in [6.07, 6.45) is 1.79. The second-order valence-electron chi connectivity index (χ2n) is 5.44. The molecule has 126 valence electrons. The average molecular weight is 347 g/mol. The second-order valence-corrected chi connectivity index (χ2v) is 5.88. The number of aromatic nitrogens is 1. The lowest BCUT2D eigenvalue weighted by atomic mass is 10.2. The molecule has 2 heterocycles. The zero-order chi connectivity index (χ0) is 16.8. The molecule has 2 N–H and O–H groups in total. The van der Waals surface area contributed by atoms with Crippen molar-refractivity contribution in [1.29, 1.82) is 0 Å². The highest BCUT2D eigenvalue weighted by Gasteiger charge is 2.12. The summed E-state index contributed by atoms with van der Waals surface area (Å²) in [5, 5.41) is 6.19. The Hall–Kier alpha value is -2.31. The maximum atomic E-state index is 11.9. The third-order valence-electron chi connectivity index (χ3n) is 3.70. The zero-order valence-electron chi connectivity index (χ0n) is 13.2. The highest BCUT2D eigenvalue weighted by atomic mass is 35.5. The van der Waals surface area contributed by atoms with E-state index in [9.17, 15) is 4.79 Å². The van der Waals surface area contributed by atoms with Crippen molar-refractivity contribution in [3.8, 4) is 0 Å². The fraction of sp³-hybridized carbons (Fsp3) is 0.294. The van der Waals surface area contributed by atoms with Gasteiger partial charge in [-0.2, -0.15) is 0 Å². The van der Waals surface area contributed by atoms with E-state index in [1.165, 1.54) is 0 Å². The molecule has 0 unspecified atom stereocenters. The first-order valence-electron chi connectivity index (χ1n) is 7.79. The third-order valence-corrected chi connectivity index (χ3v) is 3.95. The molecule has 1 saturated heterocycles. The van der Waals surface area contributed by atoms with Crippen molar-refractivity contribution in [2.24, 2.45) is 0 Å². The van der Waals surface area contributed by atoms with E-state index in [1.807, 2.05) is 12.1 Å². The van der Waals surface area contributed by atoms with Crippen LogP contribution in [0.1, 0.15) is 5.56 Å². The quantitative estimate of drug-likeness (QED) is 0.893. The number of nitrogens with one attached hydrogen (secondary N) is 2. The lowest BCUT2D eigenvalue weighted by Gasteiger charge is -2.27. The Balaban J connectivity index is 1.49. The van der Waals surface area contributed by atoms with Crippen molar-refractivity contribution < 1.29 is 9.53 Å². The number of hydrogen-bond donors (Lipinski definition) is 2. The van der Waals surface area contributed by atoms with Crippen LogP contribution in [0.4, 0.5) is 16.3 Å². The maximum Gasteiger partial charge on any atom is 0.319 e. The van der Waals surface area contributed by atoms with Gasteiger partial charge in [0.05, 0.1) is 13.2 Å². The van der Waals surface area contributed by atoms with Gasteiger partial charge in [0.2, 0.25) is 0 Å². The molecule has 1 aliphatic heterocycles. The van der Waals surface area contributed by atoms with Gasteiger partial charge in [0.25, 0.3) is 0 Å². The Morgan fingerprint density at radius 3 is 2.58 bits per heavy atom. The van der Waals surface area contributed by atoms with Crippen LogP contribution in [0.5, 0.6) is 0 Å². The standard InChI is InChI=1S/C17H19ClN4O2/c18-14-2-4-15(5-3-14)21-17(23)20-12-13-1-6-16(19-11-13)22-7-9-24-10-8-22/h1-6,11H,7-10,12H2,(H2,20,21,23). The highest BCUT2D eigenvalue weighted by molar-refractivity contribution is 6.30. The van der Waals surface area contributed by atoms with Gasteiger partial charge in [-0.1, -0.05) is 17.7 Å². The summed E-state index contributed by atoms with van der Waals surface area (Å²) >= 11 is 5.81. The molecule has 1 aliphatic rings. The molecule has 6 nitrogen and oxygen atoms in total. The van der Waals surface area contributed by atoms with Gasteiger partial charge in [0.15, 0.2) is 0 Å². The Labute approximate surface area is 145 Å². The summed E-state index contributed by atoms with van der Waals surface area (Å²) in [7, 11) is 0. The summed E-state index contributed by atoms with van der Waals surface area (Å²) in [5.74, 6) is 0.938. The van der Waals surface area contributed by atoms with Crippen LogP contribution in [-0.2, 0) is 11.3 Å². The van der Waals surface area contributed by atoms with Crippen molar-refractivity contribution in [3.05, 3.63) is 53.2 Å². The van der Waals surface area contributed by atoms with Gasteiger partial charge in [0.1, 0.15) is 5.82 Å². The fourth-order valence-electron chi connectivity index (χ4n) is 2.39. The number of urea groups is 1. The molecule has 0 radical (unpaired) electrons. The summed E-state index contributed by atoms with van der Waals surface area (Å²) < 4.78 is 5.33. The zero-order valence-corrected chi connectivity index (χ0v) is 13.9. The van der Waals surface area contributed by atoms with Gasteiger partial charge in [0, 0.05) is 36.5 Å². The summed E-state index contributed by atoms with van der Waals surface area (Å²) in [5.41, 5.74) is 1.64. The van der Waals surface area contributed by atoms with Crippen LogP contribution in [0.25, 0.3) is 0 Å². The number of amides is 2.